The highest BCUT2D eigenvalue weighted by Gasteiger charge is 2.13. The topological polar surface area (TPSA) is 78.3 Å². The lowest BCUT2D eigenvalue weighted by atomic mass is 10.1. The summed E-state index contributed by atoms with van der Waals surface area (Å²) < 4.78 is 5.19. The van der Waals surface area contributed by atoms with Gasteiger partial charge in [-0.3, -0.25) is 0 Å². The van der Waals surface area contributed by atoms with Gasteiger partial charge in [-0.1, -0.05) is 0 Å². The number of ether oxygens (including phenoxy) is 1. The molecule has 0 unspecified atom stereocenters. The second-order valence-corrected chi connectivity index (χ2v) is 3.27. The van der Waals surface area contributed by atoms with Gasteiger partial charge in [-0.2, -0.15) is 0 Å². The molecule has 4 nitrogen and oxygen atoms in total. The van der Waals surface area contributed by atoms with Crippen LogP contribution < -0.4 is 11.5 Å². The third-order valence-corrected chi connectivity index (χ3v) is 2.33. The first-order valence-electron chi connectivity index (χ1n) is 3.49. The number of hydrogen-bond acceptors (Lipinski definition) is 4. The van der Waals surface area contributed by atoms with E-state index in [2.05, 4.69) is 20.7 Å². The van der Waals surface area contributed by atoms with Crippen molar-refractivity contribution in [1.29, 1.82) is 0 Å². The summed E-state index contributed by atoms with van der Waals surface area (Å²) in [6.45, 7) is 0. The summed E-state index contributed by atoms with van der Waals surface area (Å²) in [5, 5.41) is 0. The monoisotopic (exact) mass is 244 g/mol. The summed E-state index contributed by atoms with van der Waals surface area (Å²) in [7, 11) is 1.29. The Bertz CT molecular complexity index is 352. The molecule has 4 N–H and O–H groups in total. The highest BCUT2D eigenvalue weighted by atomic mass is 79.9. The summed E-state index contributed by atoms with van der Waals surface area (Å²) >= 11 is 3.19. The van der Waals surface area contributed by atoms with E-state index in [-0.39, 0.29) is 11.3 Å². The van der Waals surface area contributed by atoms with Crippen molar-refractivity contribution in [1.82, 2.24) is 0 Å². The van der Waals surface area contributed by atoms with Gasteiger partial charge in [-0.15, -0.1) is 0 Å². The molecule has 0 aliphatic rings. The predicted molar refractivity (Wildman–Crippen MR) is 54.3 cm³/mol. The number of rotatable bonds is 1. The lowest BCUT2D eigenvalue weighted by Crippen LogP contribution is -2.08. The van der Waals surface area contributed by atoms with Crippen LogP contribution in [0.1, 0.15) is 10.4 Å². The van der Waals surface area contributed by atoms with Gasteiger partial charge in [0.05, 0.1) is 24.0 Å². The van der Waals surface area contributed by atoms with E-state index in [9.17, 15) is 4.79 Å². The zero-order chi connectivity index (χ0) is 10.0. The molecule has 0 fully saturated rings. The number of carbonyl (C=O) groups is 1. The molecule has 0 aliphatic heterocycles. The lowest BCUT2D eigenvalue weighted by molar-refractivity contribution is 0.0602. The summed E-state index contributed by atoms with van der Waals surface area (Å²) in [5.74, 6) is -0.489. The highest BCUT2D eigenvalue weighted by molar-refractivity contribution is 9.10. The molecule has 1 aromatic rings. The van der Waals surface area contributed by atoms with E-state index in [4.69, 9.17) is 11.5 Å². The molecule has 0 saturated heterocycles. The van der Waals surface area contributed by atoms with E-state index < -0.39 is 5.97 Å². The van der Waals surface area contributed by atoms with Crippen LogP contribution in [0.5, 0.6) is 0 Å². The average Bonchev–Trinajstić information content (AvgIpc) is 2.13. The minimum Gasteiger partial charge on any atom is -0.465 e. The Hall–Kier alpha value is -1.23. The molecule has 0 atom stereocenters. The highest BCUT2D eigenvalue weighted by Crippen LogP contribution is 2.28. The summed E-state index contributed by atoms with van der Waals surface area (Å²) in [6, 6.07) is 3.21. The maximum Gasteiger partial charge on any atom is 0.340 e. The van der Waals surface area contributed by atoms with E-state index in [0.29, 0.717) is 10.2 Å². The molecular formula is C8H9BrN2O2. The van der Waals surface area contributed by atoms with E-state index >= 15 is 0 Å². The average molecular weight is 245 g/mol. The molecule has 0 heterocycles. The number of benzene rings is 1. The van der Waals surface area contributed by atoms with E-state index in [1.54, 1.807) is 12.1 Å². The quantitative estimate of drug-likeness (QED) is 0.579. The van der Waals surface area contributed by atoms with Crippen molar-refractivity contribution >= 4 is 33.3 Å². The van der Waals surface area contributed by atoms with Gasteiger partial charge in [0.15, 0.2) is 0 Å². The molecule has 5 heteroatoms. The number of nitrogen functional groups attached to an aromatic ring is 2. The summed E-state index contributed by atoms with van der Waals surface area (Å²) in [4.78, 5) is 11.1. The van der Waals surface area contributed by atoms with Crippen molar-refractivity contribution in [3.05, 3.63) is 22.2 Å². The van der Waals surface area contributed by atoms with Crippen LogP contribution in [0.4, 0.5) is 11.4 Å². The molecule has 0 saturated carbocycles. The van der Waals surface area contributed by atoms with Crippen LogP contribution in [-0.2, 0) is 4.74 Å². The molecule has 0 bridgehead atoms. The van der Waals surface area contributed by atoms with Crippen LogP contribution in [0.15, 0.2) is 16.6 Å². The maximum absolute atomic E-state index is 11.1. The number of methoxy groups -OCH3 is 1. The molecule has 1 rings (SSSR count). The van der Waals surface area contributed by atoms with Gasteiger partial charge in [0.2, 0.25) is 0 Å². The Kier molecular flexibility index (Phi) is 2.77. The number of halogens is 1. The Morgan fingerprint density at radius 2 is 2.00 bits per heavy atom. The number of nitrogens with two attached hydrogens (primary N) is 2. The standard InChI is InChI=1S/C8H9BrN2O2/c1-13-8(12)4-2-3-5(9)7(11)6(4)10/h2-3H,10-11H2,1H3. The first-order chi connectivity index (χ1) is 6.07. The van der Waals surface area contributed by atoms with Crippen LogP contribution in [0.2, 0.25) is 0 Å². The Morgan fingerprint density at radius 3 is 2.54 bits per heavy atom. The third-order valence-electron chi connectivity index (χ3n) is 1.64. The number of hydrogen-bond donors (Lipinski definition) is 2. The van der Waals surface area contributed by atoms with Crippen molar-refractivity contribution in [3.8, 4) is 0 Å². The van der Waals surface area contributed by atoms with Gasteiger partial charge in [0.25, 0.3) is 0 Å². The Labute approximate surface area is 84.0 Å². The van der Waals surface area contributed by atoms with Crippen LogP contribution in [0.25, 0.3) is 0 Å². The number of anilines is 2. The molecule has 70 valence electrons. The fourth-order valence-corrected chi connectivity index (χ4v) is 1.24. The summed E-state index contributed by atoms with van der Waals surface area (Å²) in [6.07, 6.45) is 0. The SMILES string of the molecule is COC(=O)c1ccc(Br)c(N)c1N. The van der Waals surface area contributed by atoms with Gasteiger partial charge in [-0.25, -0.2) is 4.79 Å². The minimum absolute atomic E-state index is 0.237. The smallest absolute Gasteiger partial charge is 0.340 e. The van der Waals surface area contributed by atoms with E-state index in [0.717, 1.165) is 0 Å². The molecule has 0 radical (unpaired) electrons. The molecule has 13 heavy (non-hydrogen) atoms. The molecule has 0 aromatic heterocycles. The zero-order valence-corrected chi connectivity index (χ0v) is 8.59. The minimum atomic E-state index is -0.489. The molecule has 0 aliphatic carbocycles. The Morgan fingerprint density at radius 1 is 1.38 bits per heavy atom. The third kappa shape index (κ3) is 1.75. The Balaban J connectivity index is 3.26. The molecule has 0 spiro atoms. The second-order valence-electron chi connectivity index (χ2n) is 2.41. The van der Waals surface area contributed by atoms with Crippen LogP contribution in [0.3, 0.4) is 0 Å². The van der Waals surface area contributed by atoms with E-state index in [1.807, 2.05) is 0 Å². The van der Waals surface area contributed by atoms with Gasteiger partial charge in [0, 0.05) is 4.47 Å². The first-order valence-corrected chi connectivity index (χ1v) is 4.29. The van der Waals surface area contributed by atoms with Crippen molar-refractivity contribution in [3.63, 3.8) is 0 Å². The van der Waals surface area contributed by atoms with Crippen LogP contribution >= 0.6 is 15.9 Å². The molecular weight excluding hydrogens is 236 g/mol. The van der Waals surface area contributed by atoms with Gasteiger partial charge >= 0.3 is 5.97 Å². The van der Waals surface area contributed by atoms with Gasteiger partial charge in [0.1, 0.15) is 0 Å². The van der Waals surface area contributed by atoms with Crippen LogP contribution in [0, 0.1) is 0 Å². The number of esters is 1. The van der Waals surface area contributed by atoms with Gasteiger partial charge in [-0.05, 0) is 28.1 Å². The van der Waals surface area contributed by atoms with Crippen molar-refractivity contribution < 1.29 is 9.53 Å². The molecule has 1 aromatic carbocycles. The second kappa shape index (κ2) is 3.66. The number of carbonyl (C=O) groups excluding carboxylic acids is 1. The summed E-state index contributed by atoms with van der Waals surface area (Å²) in [5.41, 5.74) is 12.1. The normalized spacial score (nSPS) is 9.69. The van der Waals surface area contributed by atoms with Crippen molar-refractivity contribution in [2.45, 2.75) is 0 Å². The zero-order valence-electron chi connectivity index (χ0n) is 7.00. The fourth-order valence-electron chi connectivity index (χ4n) is 0.898. The van der Waals surface area contributed by atoms with Crippen molar-refractivity contribution in [2.75, 3.05) is 18.6 Å². The lowest BCUT2D eigenvalue weighted by Gasteiger charge is -2.07. The molecule has 0 amide bonds. The van der Waals surface area contributed by atoms with Crippen LogP contribution in [-0.4, -0.2) is 13.1 Å². The van der Waals surface area contributed by atoms with Gasteiger partial charge < -0.3 is 16.2 Å². The van der Waals surface area contributed by atoms with Crippen molar-refractivity contribution in [2.24, 2.45) is 0 Å². The largest absolute Gasteiger partial charge is 0.465 e. The first kappa shape index (κ1) is 9.85. The van der Waals surface area contributed by atoms with E-state index in [1.165, 1.54) is 7.11 Å². The predicted octanol–water partition coefficient (Wildman–Crippen LogP) is 1.40. The maximum atomic E-state index is 11.1. The fraction of sp³-hybridized carbons (Fsp3) is 0.125.